The second-order valence-corrected chi connectivity index (χ2v) is 1.14. The first kappa shape index (κ1) is 15.9. The van der Waals surface area contributed by atoms with Gasteiger partial charge in [-0.2, -0.15) is 0 Å². The molecule has 1 radical (unpaired) electrons. The minimum atomic E-state index is 0. The zero-order valence-electron chi connectivity index (χ0n) is 6.06. The van der Waals surface area contributed by atoms with Gasteiger partial charge >= 0.3 is 19.5 Å². The molecule has 0 atom stereocenters. The molecule has 0 heterocycles. The van der Waals surface area contributed by atoms with Gasteiger partial charge in [0.05, 0.1) is 0 Å². The predicted octanol–water partition coefficient (Wildman–Crippen LogP) is 2.79. The summed E-state index contributed by atoms with van der Waals surface area (Å²) in [5.74, 6) is 0. The van der Waals surface area contributed by atoms with E-state index in [1.54, 1.807) is 12.2 Å². The molecule has 1 heteroatoms. The first-order valence-electron chi connectivity index (χ1n) is 2.64. The molecular formula is C8H14Rh. The molecule has 0 amide bonds. The van der Waals surface area contributed by atoms with Gasteiger partial charge in [-0.3, -0.25) is 0 Å². The smallest absolute Gasteiger partial charge is 0.245 e. The van der Waals surface area contributed by atoms with Crippen LogP contribution in [0.2, 0.25) is 0 Å². The van der Waals surface area contributed by atoms with E-state index in [1.807, 2.05) is 26.0 Å². The second-order valence-electron chi connectivity index (χ2n) is 1.14. The molecule has 0 rings (SSSR count). The van der Waals surface area contributed by atoms with E-state index in [0.29, 0.717) is 0 Å². The second kappa shape index (κ2) is 24.9. The number of hydrogen-bond donors (Lipinski definition) is 0. The number of rotatable bonds is 0. The van der Waals surface area contributed by atoms with Crippen LogP contribution in [0.1, 0.15) is 13.8 Å². The first-order chi connectivity index (χ1) is 3.83. The quantitative estimate of drug-likeness (QED) is 0.428. The van der Waals surface area contributed by atoms with Crippen molar-refractivity contribution in [1.29, 1.82) is 0 Å². The molecule has 0 nitrogen and oxygen atoms in total. The Labute approximate surface area is 71.8 Å². The fraction of sp³-hybridized carbons (Fsp3) is 0.250. The molecule has 0 aliphatic heterocycles. The van der Waals surface area contributed by atoms with Gasteiger partial charge in [-0.25, -0.2) is 38.2 Å². The van der Waals surface area contributed by atoms with Gasteiger partial charge in [0.15, 0.2) is 0 Å². The van der Waals surface area contributed by atoms with Crippen molar-refractivity contribution in [3.05, 3.63) is 38.2 Å². The molecule has 0 aromatic heterocycles. The fourth-order valence-corrected chi connectivity index (χ4v) is 0. The molecule has 0 N–H and O–H groups in total. The van der Waals surface area contributed by atoms with Gasteiger partial charge in [0.25, 0.3) is 0 Å². The Morgan fingerprint density at radius 2 is 1.00 bits per heavy atom. The molecule has 9 heavy (non-hydrogen) atoms. The summed E-state index contributed by atoms with van der Waals surface area (Å²) in [6.45, 7) is 10.7. The van der Waals surface area contributed by atoms with Crippen molar-refractivity contribution in [2.45, 2.75) is 13.8 Å². The monoisotopic (exact) mass is 213 g/mol. The SMILES string of the molecule is [CH2-]C=CC.[CH2-]C=CC.[Rh+2]. The summed E-state index contributed by atoms with van der Waals surface area (Å²) in [7, 11) is 0. The van der Waals surface area contributed by atoms with E-state index in [-0.39, 0.29) is 19.5 Å². The Morgan fingerprint density at radius 1 is 0.889 bits per heavy atom. The molecule has 0 saturated carbocycles. The van der Waals surface area contributed by atoms with Gasteiger partial charge in [-0.1, -0.05) is 0 Å². The van der Waals surface area contributed by atoms with Crippen LogP contribution < -0.4 is 0 Å². The fourth-order valence-electron chi connectivity index (χ4n) is 0. The molecule has 0 spiro atoms. The number of hydrogen-bond acceptors (Lipinski definition) is 0. The summed E-state index contributed by atoms with van der Waals surface area (Å²) in [4.78, 5) is 0. The van der Waals surface area contributed by atoms with Crippen LogP contribution in [0.3, 0.4) is 0 Å². The van der Waals surface area contributed by atoms with Crippen molar-refractivity contribution in [2.75, 3.05) is 0 Å². The summed E-state index contributed by atoms with van der Waals surface area (Å²) in [6.07, 6.45) is 7.28. The Bertz CT molecular complexity index is 45.0. The van der Waals surface area contributed by atoms with Crippen molar-refractivity contribution in [1.82, 2.24) is 0 Å². The maximum atomic E-state index is 3.42. The Morgan fingerprint density at radius 3 is 1.00 bits per heavy atom. The molecule has 0 aliphatic carbocycles. The van der Waals surface area contributed by atoms with E-state index in [4.69, 9.17) is 0 Å². The van der Waals surface area contributed by atoms with Crippen LogP contribution in [0, 0.1) is 13.8 Å². The van der Waals surface area contributed by atoms with Crippen LogP contribution in [-0.2, 0) is 19.5 Å². The van der Waals surface area contributed by atoms with E-state index in [1.165, 1.54) is 0 Å². The van der Waals surface area contributed by atoms with Gasteiger partial charge in [0, 0.05) is 0 Å². The average molecular weight is 213 g/mol. The third kappa shape index (κ3) is 78.8. The predicted molar refractivity (Wildman–Crippen MR) is 40.3 cm³/mol. The third-order valence-electron chi connectivity index (χ3n) is 0.471. The van der Waals surface area contributed by atoms with Crippen LogP contribution in [-0.4, -0.2) is 0 Å². The maximum absolute atomic E-state index is 3.42. The molecule has 0 fully saturated rings. The minimum absolute atomic E-state index is 0. The largest absolute Gasteiger partial charge is 2.00 e. The van der Waals surface area contributed by atoms with Gasteiger partial charge in [0.2, 0.25) is 0 Å². The summed E-state index contributed by atoms with van der Waals surface area (Å²) < 4.78 is 0. The van der Waals surface area contributed by atoms with E-state index < -0.39 is 0 Å². The Balaban J connectivity index is -0.0000000720. The first-order valence-corrected chi connectivity index (χ1v) is 2.64. The van der Waals surface area contributed by atoms with Crippen LogP contribution in [0.15, 0.2) is 24.3 Å². The molecule has 0 unspecified atom stereocenters. The van der Waals surface area contributed by atoms with Gasteiger partial charge in [0.1, 0.15) is 0 Å². The zero-order chi connectivity index (χ0) is 6.83. The van der Waals surface area contributed by atoms with Crippen molar-refractivity contribution in [3.8, 4) is 0 Å². The Hall–Kier alpha value is -0.157. The van der Waals surface area contributed by atoms with Crippen molar-refractivity contribution < 1.29 is 19.5 Å². The molecule has 0 aromatic carbocycles. The molecule has 55 valence electrons. The summed E-state index contributed by atoms with van der Waals surface area (Å²) in [5, 5.41) is 0. The molecular weight excluding hydrogens is 199 g/mol. The van der Waals surface area contributed by atoms with Crippen molar-refractivity contribution in [3.63, 3.8) is 0 Å². The van der Waals surface area contributed by atoms with Gasteiger partial charge in [-0.05, 0) is 0 Å². The third-order valence-corrected chi connectivity index (χ3v) is 0.471. The van der Waals surface area contributed by atoms with Crippen LogP contribution >= 0.6 is 0 Å². The van der Waals surface area contributed by atoms with E-state index >= 15 is 0 Å². The molecule has 0 saturated heterocycles. The maximum Gasteiger partial charge on any atom is 2.00 e. The topological polar surface area (TPSA) is 0 Å². The van der Waals surface area contributed by atoms with Crippen LogP contribution in [0.25, 0.3) is 0 Å². The average Bonchev–Trinajstić information content (AvgIpc) is 1.88. The van der Waals surface area contributed by atoms with E-state index in [9.17, 15) is 0 Å². The standard InChI is InChI=1S/2C4H7.Rh/c2*1-3-4-2;/h2*3-4H,1H2,2H3;/q2*-1;+2. The van der Waals surface area contributed by atoms with Crippen molar-refractivity contribution in [2.24, 2.45) is 0 Å². The van der Waals surface area contributed by atoms with Gasteiger partial charge in [-0.15, -0.1) is 13.8 Å². The molecule has 0 aliphatic rings. The summed E-state index contributed by atoms with van der Waals surface area (Å²) in [5.41, 5.74) is 0. The number of allylic oxidation sites excluding steroid dienone is 4. The summed E-state index contributed by atoms with van der Waals surface area (Å²) in [6, 6.07) is 0. The molecule has 0 aromatic rings. The van der Waals surface area contributed by atoms with Crippen LogP contribution in [0.5, 0.6) is 0 Å². The van der Waals surface area contributed by atoms with E-state index in [2.05, 4.69) is 13.8 Å². The van der Waals surface area contributed by atoms with E-state index in [0.717, 1.165) is 0 Å². The zero-order valence-corrected chi connectivity index (χ0v) is 7.70. The normalized spacial score (nSPS) is 8.22. The minimum Gasteiger partial charge on any atom is -0.245 e. The Kier molecular flexibility index (Phi) is 44.0. The van der Waals surface area contributed by atoms with Gasteiger partial charge < -0.3 is 0 Å². The molecule has 0 bridgehead atoms. The van der Waals surface area contributed by atoms with Crippen molar-refractivity contribution >= 4 is 0 Å². The summed E-state index contributed by atoms with van der Waals surface area (Å²) >= 11 is 0. The van der Waals surface area contributed by atoms with Crippen LogP contribution in [0.4, 0.5) is 0 Å².